The normalized spacial score (nSPS) is 15.2. The average Bonchev–Trinajstić information content (AvgIpc) is 2.69. The third-order valence-electron chi connectivity index (χ3n) is 4.22. The number of nitriles is 1. The molecule has 1 heterocycles. The molecule has 0 N–H and O–H groups in total. The fraction of sp³-hybridized carbons (Fsp3) is 0.263. The minimum absolute atomic E-state index is 0.0914. The molecule has 7 heteroatoms. The molecule has 26 heavy (non-hydrogen) atoms. The van der Waals surface area contributed by atoms with E-state index in [1.54, 1.807) is 12.1 Å². The molecule has 6 nitrogen and oxygen atoms in total. The number of benzene rings is 2. The molecule has 1 aliphatic heterocycles. The number of hydrogen-bond donors (Lipinski definition) is 0. The van der Waals surface area contributed by atoms with E-state index in [1.807, 2.05) is 6.07 Å². The van der Waals surface area contributed by atoms with Crippen LogP contribution in [-0.4, -0.2) is 31.8 Å². The smallest absolute Gasteiger partial charge is 0.343 e. The summed E-state index contributed by atoms with van der Waals surface area (Å²) in [4.78, 5) is 12.4. The van der Waals surface area contributed by atoms with E-state index in [1.165, 1.54) is 40.7 Å². The lowest BCUT2D eigenvalue weighted by Crippen LogP contribution is -2.35. The van der Waals surface area contributed by atoms with Crippen molar-refractivity contribution in [1.29, 1.82) is 5.26 Å². The molecular formula is C19H18N2O4S. The predicted octanol–water partition coefficient (Wildman–Crippen LogP) is 2.95. The molecule has 0 spiro atoms. The molecule has 2 aromatic rings. The number of ether oxygens (including phenoxy) is 1. The van der Waals surface area contributed by atoms with Crippen LogP contribution in [0.5, 0.6) is 5.75 Å². The summed E-state index contributed by atoms with van der Waals surface area (Å²) in [5, 5.41) is 8.78. The maximum atomic E-state index is 12.7. The molecule has 0 radical (unpaired) electrons. The molecule has 0 saturated carbocycles. The second kappa shape index (κ2) is 7.68. The highest BCUT2D eigenvalue weighted by molar-refractivity contribution is 7.89. The third-order valence-corrected chi connectivity index (χ3v) is 6.11. The molecule has 0 aliphatic carbocycles. The number of carbonyl (C=O) groups is 1. The van der Waals surface area contributed by atoms with Crippen molar-refractivity contribution in [2.45, 2.75) is 24.2 Å². The van der Waals surface area contributed by atoms with Gasteiger partial charge in [0.05, 0.1) is 22.1 Å². The minimum atomic E-state index is -3.61. The first-order chi connectivity index (χ1) is 12.5. The Morgan fingerprint density at radius 3 is 2.38 bits per heavy atom. The van der Waals surface area contributed by atoms with E-state index >= 15 is 0 Å². The lowest BCUT2D eigenvalue weighted by atomic mass is 10.2. The first-order valence-corrected chi connectivity index (χ1v) is 9.77. The van der Waals surface area contributed by atoms with Crippen molar-refractivity contribution in [1.82, 2.24) is 4.31 Å². The van der Waals surface area contributed by atoms with Gasteiger partial charge in [-0.2, -0.15) is 9.57 Å². The molecule has 134 valence electrons. The molecule has 1 fully saturated rings. The van der Waals surface area contributed by atoms with Gasteiger partial charge in [0, 0.05) is 13.1 Å². The lowest BCUT2D eigenvalue weighted by molar-refractivity contribution is 0.0734. The summed E-state index contributed by atoms with van der Waals surface area (Å²) < 4.78 is 32.2. The monoisotopic (exact) mass is 370 g/mol. The number of sulfonamides is 1. The van der Waals surface area contributed by atoms with Crippen LogP contribution in [0.4, 0.5) is 0 Å². The third kappa shape index (κ3) is 3.93. The second-order valence-corrected chi connectivity index (χ2v) is 7.96. The highest BCUT2D eigenvalue weighted by Gasteiger charge is 2.26. The minimum Gasteiger partial charge on any atom is -0.423 e. The van der Waals surface area contributed by atoms with E-state index in [2.05, 4.69) is 0 Å². The largest absolute Gasteiger partial charge is 0.423 e. The Morgan fingerprint density at radius 1 is 1.04 bits per heavy atom. The molecular weight excluding hydrogens is 352 g/mol. The summed E-state index contributed by atoms with van der Waals surface area (Å²) >= 11 is 0. The van der Waals surface area contributed by atoms with Gasteiger partial charge < -0.3 is 4.74 Å². The molecule has 0 bridgehead atoms. The number of esters is 1. The van der Waals surface area contributed by atoms with Crippen molar-refractivity contribution in [2.75, 3.05) is 13.1 Å². The molecule has 0 atom stereocenters. The predicted molar refractivity (Wildman–Crippen MR) is 95.2 cm³/mol. The van der Waals surface area contributed by atoms with Gasteiger partial charge in [0.15, 0.2) is 0 Å². The Morgan fingerprint density at radius 2 is 1.73 bits per heavy atom. The van der Waals surface area contributed by atoms with E-state index in [0.29, 0.717) is 24.4 Å². The van der Waals surface area contributed by atoms with Crippen LogP contribution in [0.1, 0.15) is 35.2 Å². The van der Waals surface area contributed by atoms with Gasteiger partial charge in [0.2, 0.25) is 10.0 Å². The van der Waals surface area contributed by atoms with Gasteiger partial charge >= 0.3 is 5.97 Å². The quantitative estimate of drug-likeness (QED) is 0.610. The average molecular weight is 370 g/mol. The van der Waals surface area contributed by atoms with Crippen LogP contribution >= 0.6 is 0 Å². The van der Waals surface area contributed by atoms with Gasteiger partial charge in [0.25, 0.3) is 0 Å². The van der Waals surface area contributed by atoms with E-state index < -0.39 is 16.0 Å². The van der Waals surface area contributed by atoms with Crippen molar-refractivity contribution in [3.63, 3.8) is 0 Å². The van der Waals surface area contributed by atoms with Crippen LogP contribution in [-0.2, 0) is 10.0 Å². The van der Waals surface area contributed by atoms with Gasteiger partial charge in [0.1, 0.15) is 5.75 Å². The first-order valence-electron chi connectivity index (χ1n) is 8.33. The number of nitrogens with zero attached hydrogens (tertiary/aromatic N) is 2. The maximum Gasteiger partial charge on any atom is 0.343 e. The van der Waals surface area contributed by atoms with Crippen LogP contribution < -0.4 is 4.74 Å². The maximum absolute atomic E-state index is 12.7. The zero-order valence-electron chi connectivity index (χ0n) is 14.1. The molecule has 0 aromatic heterocycles. The number of hydrogen-bond acceptors (Lipinski definition) is 5. The van der Waals surface area contributed by atoms with E-state index in [4.69, 9.17) is 10.00 Å². The van der Waals surface area contributed by atoms with Crippen LogP contribution in [0.15, 0.2) is 53.4 Å². The highest BCUT2D eigenvalue weighted by atomic mass is 32.2. The number of piperidine rings is 1. The van der Waals surface area contributed by atoms with Gasteiger partial charge in [-0.1, -0.05) is 12.5 Å². The van der Waals surface area contributed by atoms with E-state index in [-0.39, 0.29) is 10.5 Å². The molecule has 1 aliphatic rings. The van der Waals surface area contributed by atoms with Crippen LogP contribution in [0, 0.1) is 11.3 Å². The summed E-state index contributed by atoms with van der Waals surface area (Å²) in [6.07, 6.45) is 2.72. The summed E-state index contributed by atoms with van der Waals surface area (Å²) in [5.74, 6) is -0.358. The summed E-state index contributed by atoms with van der Waals surface area (Å²) in [5.41, 5.74) is 0.617. The van der Waals surface area contributed by atoms with Crippen molar-refractivity contribution in [2.24, 2.45) is 0 Å². The number of carbonyl (C=O) groups excluding carboxylic acids is 1. The molecule has 0 unspecified atom stereocenters. The van der Waals surface area contributed by atoms with Gasteiger partial charge in [-0.05, 0) is 55.3 Å². The zero-order chi connectivity index (χ0) is 18.6. The van der Waals surface area contributed by atoms with Gasteiger partial charge in [-0.15, -0.1) is 0 Å². The van der Waals surface area contributed by atoms with Crippen molar-refractivity contribution in [3.05, 3.63) is 59.7 Å². The second-order valence-electron chi connectivity index (χ2n) is 6.02. The lowest BCUT2D eigenvalue weighted by Gasteiger charge is -2.25. The van der Waals surface area contributed by atoms with Crippen LogP contribution in [0.3, 0.4) is 0 Å². The Bertz CT molecular complexity index is 940. The van der Waals surface area contributed by atoms with Crippen LogP contribution in [0.25, 0.3) is 0 Å². The standard InChI is InChI=1S/C19H18N2O4S/c20-14-15-7-9-17(10-8-15)25-19(22)16-5-4-6-18(13-16)26(23,24)21-11-2-1-3-12-21/h4-10,13H,1-3,11-12H2. The Labute approximate surface area is 152 Å². The topological polar surface area (TPSA) is 87.5 Å². The van der Waals surface area contributed by atoms with Gasteiger partial charge in [-0.3, -0.25) is 0 Å². The molecule has 3 rings (SSSR count). The van der Waals surface area contributed by atoms with Crippen molar-refractivity contribution < 1.29 is 17.9 Å². The zero-order valence-corrected chi connectivity index (χ0v) is 14.9. The highest BCUT2D eigenvalue weighted by Crippen LogP contribution is 2.22. The Kier molecular flexibility index (Phi) is 5.35. The Hall–Kier alpha value is -2.69. The Balaban J connectivity index is 1.79. The fourth-order valence-electron chi connectivity index (χ4n) is 2.80. The molecule has 0 amide bonds. The summed E-state index contributed by atoms with van der Waals surface area (Å²) in [7, 11) is -3.61. The van der Waals surface area contributed by atoms with E-state index in [9.17, 15) is 13.2 Å². The van der Waals surface area contributed by atoms with Gasteiger partial charge in [-0.25, -0.2) is 13.2 Å². The van der Waals surface area contributed by atoms with E-state index in [0.717, 1.165) is 19.3 Å². The number of rotatable bonds is 4. The summed E-state index contributed by atoms with van der Waals surface area (Å²) in [6.45, 7) is 1.00. The van der Waals surface area contributed by atoms with Crippen LogP contribution in [0.2, 0.25) is 0 Å². The fourth-order valence-corrected chi connectivity index (χ4v) is 4.36. The SMILES string of the molecule is N#Cc1ccc(OC(=O)c2cccc(S(=O)(=O)N3CCCCC3)c2)cc1. The first kappa shape index (κ1) is 18.1. The molecule has 2 aromatic carbocycles. The van der Waals surface area contributed by atoms with Crippen molar-refractivity contribution >= 4 is 16.0 Å². The molecule has 1 saturated heterocycles. The summed E-state index contributed by atoms with van der Waals surface area (Å²) in [6, 6.07) is 14.0. The van der Waals surface area contributed by atoms with Crippen molar-refractivity contribution in [3.8, 4) is 11.8 Å².